The molecule has 0 radical (unpaired) electrons. The molecule has 0 fully saturated rings. The van der Waals surface area contributed by atoms with Crippen LogP contribution < -0.4 is 20.9 Å². The van der Waals surface area contributed by atoms with Gasteiger partial charge < -0.3 is 10.1 Å². The average Bonchev–Trinajstić information content (AvgIpc) is 2.43. The Kier molecular flexibility index (Phi) is 6.58. The number of halogens is 2. The van der Waals surface area contributed by atoms with Gasteiger partial charge in [-0.05, 0) is 32.0 Å². The number of ether oxygens (including phenoxy) is 1. The van der Waals surface area contributed by atoms with E-state index in [1.54, 1.807) is 13.8 Å². The van der Waals surface area contributed by atoms with E-state index < -0.39 is 30.1 Å². The molecule has 0 unspecified atom stereocenters. The summed E-state index contributed by atoms with van der Waals surface area (Å²) in [6.07, 6.45) is 0. The summed E-state index contributed by atoms with van der Waals surface area (Å²) in [5, 5.41) is 2.36. The predicted octanol–water partition coefficient (Wildman–Crippen LogP) is 0.530. The minimum absolute atomic E-state index is 0.00754. The van der Waals surface area contributed by atoms with Crippen molar-refractivity contribution in [1.29, 1.82) is 0 Å². The van der Waals surface area contributed by atoms with Crippen LogP contribution in [0.25, 0.3) is 0 Å². The van der Waals surface area contributed by atoms with Crippen LogP contribution >= 0.6 is 11.6 Å². The molecular weight excluding hydrogens is 317 g/mol. The summed E-state index contributed by atoms with van der Waals surface area (Å²) in [6.45, 7) is 2.89. The molecule has 1 aromatic carbocycles. The van der Waals surface area contributed by atoms with Crippen molar-refractivity contribution in [1.82, 2.24) is 16.2 Å². The van der Waals surface area contributed by atoms with Crippen LogP contribution in [0.4, 0.5) is 4.39 Å². The van der Waals surface area contributed by atoms with Crippen molar-refractivity contribution in [2.45, 2.75) is 19.9 Å². The zero-order valence-electron chi connectivity index (χ0n) is 11.9. The van der Waals surface area contributed by atoms with E-state index in [1.807, 2.05) is 10.9 Å². The fourth-order valence-corrected chi connectivity index (χ4v) is 1.50. The van der Waals surface area contributed by atoms with Gasteiger partial charge in [0.2, 0.25) is 0 Å². The predicted molar refractivity (Wildman–Crippen MR) is 76.5 cm³/mol. The van der Waals surface area contributed by atoms with Crippen LogP contribution in [-0.2, 0) is 14.4 Å². The monoisotopic (exact) mass is 331 g/mol. The third kappa shape index (κ3) is 5.96. The summed E-state index contributed by atoms with van der Waals surface area (Å²) >= 11 is 5.71. The van der Waals surface area contributed by atoms with Gasteiger partial charge in [-0.25, -0.2) is 4.39 Å². The smallest absolute Gasteiger partial charge is 0.327 e. The van der Waals surface area contributed by atoms with Gasteiger partial charge in [0.05, 0.1) is 5.02 Å². The Bertz CT molecular complexity index is 580. The van der Waals surface area contributed by atoms with Crippen molar-refractivity contribution in [2.24, 2.45) is 0 Å². The SMILES string of the molecule is CC(C)NC(=O)C(=O)NNC(=O)COc1ccc(F)cc1Cl. The van der Waals surface area contributed by atoms with Crippen LogP contribution in [0.2, 0.25) is 5.02 Å². The first-order valence-electron chi connectivity index (χ1n) is 6.27. The van der Waals surface area contributed by atoms with E-state index in [9.17, 15) is 18.8 Å². The molecule has 1 aromatic rings. The first kappa shape index (κ1) is 17.7. The summed E-state index contributed by atoms with van der Waals surface area (Å²) in [4.78, 5) is 34.0. The molecule has 0 saturated carbocycles. The van der Waals surface area contributed by atoms with Gasteiger partial charge in [0.25, 0.3) is 5.91 Å². The van der Waals surface area contributed by atoms with E-state index in [2.05, 4.69) is 5.32 Å². The van der Waals surface area contributed by atoms with Crippen molar-refractivity contribution in [2.75, 3.05) is 6.61 Å². The Morgan fingerprint density at radius 1 is 1.23 bits per heavy atom. The molecule has 0 aromatic heterocycles. The van der Waals surface area contributed by atoms with E-state index in [-0.39, 0.29) is 16.8 Å². The number of rotatable bonds is 4. The molecule has 3 N–H and O–H groups in total. The summed E-state index contributed by atoms with van der Waals surface area (Å²) in [5.41, 5.74) is 3.92. The van der Waals surface area contributed by atoms with Gasteiger partial charge in [-0.1, -0.05) is 11.6 Å². The van der Waals surface area contributed by atoms with Crippen LogP contribution in [0.15, 0.2) is 18.2 Å². The minimum atomic E-state index is -1.01. The molecule has 0 aliphatic carbocycles. The Morgan fingerprint density at radius 3 is 2.50 bits per heavy atom. The van der Waals surface area contributed by atoms with Gasteiger partial charge >= 0.3 is 11.8 Å². The summed E-state index contributed by atoms with van der Waals surface area (Å²) in [5.74, 6) is -3.03. The van der Waals surface area contributed by atoms with E-state index >= 15 is 0 Å². The fraction of sp³-hybridized carbons (Fsp3) is 0.308. The van der Waals surface area contributed by atoms with Crippen LogP contribution in [0, 0.1) is 5.82 Å². The zero-order chi connectivity index (χ0) is 16.7. The third-order valence-corrected chi connectivity index (χ3v) is 2.49. The van der Waals surface area contributed by atoms with Gasteiger partial charge in [0.15, 0.2) is 6.61 Å². The number of benzene rings is 1. The van der Waals surface area contributed by atoms with Crippen LogP contribution in [0.5, 0.6) is 5.75 Å². The second-order valence-corrected chi connectivity index (χ2v) is 4.90. The Labute approximate surface area is 131 Å². The lowest BCUT2D eigenvalue weighted by atomic mass is 10.3. The highest BCUT2D eigenvalue weighted by molar-refractivity contribution is 6.35. The molecule has 120 valence electrons. The van der Waals surface area contributed by atoms with Crippen LogP contribution in [0.1, 0.15) is 13.8 Å². The standard InChI is InChI=1S/C13H15ClFN3O4/c1-7(2)16-12(20)13(21)18-17-11(19)6-22-10-4-3-8(15)5-9(10)14/h3-5,7H,6H2,1-2H3,(H,16,20)(H,17,19)(H,18,21). The quantitative estimate of drug-likeness (QED) is 0.554. The molecule has 0 bridgehead atoms. The Morgan fingerprint density at radius 2 is 1.91 bits per heavy atom. The van der Waals surface area contributed by atoms with Gasteiger partial charge in [-0.2, -0.15) is 0 Å². The molecule has 7 nitrogen and oxygen atoms in total. The number of carbonyl (C=O) groups is 3. The van der Waals surface area contributed by atoms with Gasteiger partial charge in [0, 0.05) is 6.04 Å². The molecule has 0 saturated heterocycles. The normalized spacial score (nSPS) is 10.0. The lowest BCUT2D eigenvalue weighted by Gasteiger charge is -2.10. The first-order chi connectivity index (χ1) is 10.3. The zero-order valence-corrected chi connectivity index (χ0v) is 12.7. The molecule has 0 aliphatic rings. The van der Waals surface area contributed by atoms with Crippen molar-refractivity contribution in [3.8, 4) is 5.75 Å². The van der Waals surface area contributed by atoms with Gasteiger partial charge in [-0.3, -0.25) is 25.2 Å². The molecule has 22 heavy (non-hydrogen) atoms. The average molecular weight is 332 g/mol. The Hall–Kier alpha value is -2.35. The van der Waals surface area contributed by atoms with Gasteiger partial charge in [-0.15, -0.1) is 0 Å². The molecule has 3 amide bonds. The van der Waals surface area contributed by atoms with Crippen molar-refractivity contribution in [3.63, 3.8) is 0 Å². The molecular formula is C13H15ClFN3O4. The third-order valence-electron chi connectivity index (χ3n) is 2.19. The second kappa shape index (κ2) is 8.18. The van der Waals surface area contributed by atoms with E-state index in [4.69, 9.17) is 16.3 Å². The Balaban J connectivity index is 2.37. The molecule has 0 aliphatic heterocycles. The number of hydrazine groups is 1. The number of nitrogens with one attached hydrogen (secondary N) is 3. The summed E-state index contributed by atoms with van der Waals surface area (Å²) in [6, 6.07) is 3.21. The molecule has 1 rings (SSSR count). The van der Waals surface area contributed by atoms with Crippen LogP contribution in [0.3, 0.4) is 0 Å². The summed E-state index contributed by atoms with van der Waals surface area (Å²) < 4.78 is 17.9. The highest BCUT2D eigenvalue weighted by Gasteiger charge is 2.15. The number of hydrogen-bond donors (Lipinski definition) is 3. The van der Waals surface area contributed by atoms with Crippen LogP contribution in [-0.4, -0.2) is 30.4 Å². The molecule has 9 heteroatoms. The fourth-order valence-electron chi connectivity index (χ4n) is 1.28. The topological polar surface area (TPSA) is 96.5 Å². The maximum atomic E-state index is 12.8. The van der Waals surface area contributed by atoms with Gasteiger partial charge in [0.1, 0.15) is 11.6 Å². The lowest BCUT2D eigenvalue weighted by molar-refractivity contribution is -0.141. The number of amides is 3. The maximum Gasteiger partial charge on any atom is 0.327 e. The van der Waals surface area contributed by atoms with E-state index in [0.717, 1.165) is 12.1 Å². The largest absolute Gasteiger partial charge is 0.482 e. The molecule has 0 atom stereocenters. The molecule has 0 spiro atoms. The number of carbonyl (C=O) groups excluding carboxylic acids is 3. The van der Waals surface area contributed by atoms with E-state index in [1.165, 1.54) is 6.07 Å². The highest BCUT2D eigenvalue weighted by Crippen LogP contribution is 2.24. The number of hydrogen-bond acceptors (Lipinski definition) is 4. The minimum Gasteiger partial charge on any atom is -0.482 e. The second-order valence-electron chi connectivity index (χ2n) is 4.49. The highest BCUT2D eigenvalue weighted by atomic mass is 35.5. The van der Waals surface area contributed by atoms with Crippen molar-refractivity contribution in [3.05, 3.63) is 29.0 Å². The van der Waals surface area contributed by atoms with Crippen molar-refractivity contribution < 1.29 is 23.5 Å². The summed E-state index contributed by atoms with van der Waals surface area (Å²) in [7, 11) is 0. The maximum absolute atomic E-state index is 12.8. The first-order valence-corrected chi connectivity index (χ1v) is 6.65. The lowest BCUT2D eigenvalue weighted by Crippen LogP contribution is -2.50. The molecule has 0 heterocycles. The van der Waals surface area contributed by atoms with Crippen molar-refractivity contribution >= 4 is 29.3 Å². The van der Waals surface area contributed by atoms with E-state index in [0.29, 0.717) is 0 Å².